The molecule has 0 saturated carbocycles. The van der Waals surface area contributed by atoms with Crippen LogP contribution in [0.2, 0.25) is 0 Å². The molecule has 2 atom stereocenters. The minimum atomic E-state index is -0.660. The van der Waals surface area contributed by atoms with Gasteiger partial charge in [0.15, 0.2) is 0 Å². The molecule has 1 nitrogen and oxygen atoms in total. The topological polar surface area (TPSA) is 26.0 Å². The number of rotatable bonds is 2. The molecule has 0 radical (unpaired) electrons. The lowest BCUT2D eigenvalue weighted by Gasteiger charge is -2.35. The Balaban J connectivity index is 1.99. The van der Waals surface area contributed by atoms with E-state index in [0.717, 1.165) is 12.0 Å². The molecule has 19 heavy (non-hydrogen) atoms. The molecule has 0 saturated heterocycles. The molecular weight excluding hydrogens is 312 g/mol. The lowest BCUT2D eigenvalue weighted by atomic mass is 9.72. The molecule has 0 aromatic heterocycles. The van der Waals surface area contributed by atoms with Gasteiger partial charge in [-0.25, -0.2) is 8.78 Å². The Bertz CT molecular complexity index is 642. The monoisotopic (exact) mass is 323 g/mol. The van der Waals surface area contributed by atoms with Crippen LogP contribution >= 0.6 is 15.9 Å². The molecule has 2 N–H and O–H groups in total. The van der Waals surface area contributed by atoms with Crippen molar-refractivity contribution in [2.24, 2.45) is 5.73 Å². The zero-order chi connectivity index (χ0) is 13.6. The van der Waals surface area contributed by atoms with Crippen LogP contribution in [0.25, 0.3) is 0 Å². The van der Waals surface area contributed by atoms with E-state index in [4.69, 9.17) is 5.73 Å². The summed E-state index contributed by atoms with van der Waals surface area (Å²) in [5.41, 5.74) is 8.35. The normalized spacial score (nSPS) is 18.6. The van der Waals surface area contributed by atoms with Gasteiger partial charge in [0, 0.05) is 17.5 Å². The Hall–Kier alpha value is -1.26. The van der Waals surface area contributed by atoms with Crippen LogP contribution in [-0.4, -0.2) is 0 Å². The van der Waals surface area contributed by atoms with Gasteiger partial charge in [-0.15, -0.1) is 0 Å². The van der Waals surface area contributed by atoms with Gasteiger partial charge in [0.25, 0.3) is 0 Å². The molecule has 1 aliphatic carbocycles. The fourth-order valence-corrected chi connectivity index (χ4v) is 3.01. The molecule has 1 aliphatic rings. The maximum Gasteiger partial charge on any atom is 0.145 e. The van der Waals surface area contributed by atoms with Crippen LogP contribution in [0.15, 0.2) is 40.9 Å². The molecule has 0 spiro atoms. The summed E-state index contributed by atoms with van der Waals surface area (Å²) in [7, 11) is 0. The number of hydrogen-bond donors (Lipinski definition) is 1. The fourth-order valence-electron chi connectivity index (χ4n) is 2.67. The van der Waals surface area contributed by atoms with Crippen molar-refractivity contribution in [3.63, 3.8) is 0 Å². The van der Waals surface area contributed by atoms with Gasteiger partial charge in [-0.2, -0.15) is 0 Å². The summed E-state index contributed by atoms with van der Waals surface area (Å²) < 4.78 is 28.1. The Morgan fingerprint density at radius 1 is 1.16 bits per heavy atom. The highest BCUT2D eigenvalue weighted by molar-refractivity contribution is 9.10. The Kier molecular flexibility index (Phi) is 3.15. The highest BCUT2D eigenvalue weighted by Gasteiger charge is 2.34. The highest BCUT2D eigenvalue weighted by atomic mass is 79.9. The second-order valence-electron chi connectivity index (χ2n) is 4.79. The van der Waals surface area contributed by atoms with Crippen molar-refractivity contribution in [2.75, 3.05) is 0 Å². The molecule has 2 aromatic rings. The number of hydrogen-bond acceptors (Lipinski definition) is 1. The van der Waals surface area contributed by atoms with Crippen molar-refractivity contribution in [1.82, 2.24) is 0 Å². The summed E-state index contributed by atoms with van der Waals surface area (Å²) in [6.07, 6.45) is 0.767. The summed E-state index contributed by atoms with van der Waals surface area (Å²) in [5.74, 6) is -1.20. The number of halogens is 3. The van der Waals surface area contributed by atoms with E-state index < -0.39 is 17.7 Å². The van der Waals surface area contributed by atoms with E-state index in [1.165, 1.54) is 17.7 Å². The van der Waals surface area contributed by atoms with Crippen LogP contribution in [0, 0.1) is 11.6 Å². The maximum atomic E-state index is 14.0. The lowest BCUT2D eigenvalue weighted by molar-refractivity contribution is 0.449. The van der Waals surface area contributed by atoms with Crippen LogP contribution < -0.4 is 5.73 Å². The first-order valence-electron chi connectivity index (χ1n) is 6.06. The quantitative estimate of drug-likeness (QED) is 0.828. The summed E-state index contributed by atoms with van der Waals surface area (Å²) in [6.45, 7) is 0. The van der Waals surface area contributed by atoms with Crippen molar-refractivity contribution in [2.45, 2.75) is 18.4 Å². The van der Waals surface area contributed by atoms with Crippen LogP contribution in [0.3, 0.4) is 0 Å². The summed E-state index contributed by atoms with van der Waals surface area (Å²) in [6, 6.07) is 9.81. The number of fused-ring (bicyclic) bond motifs is 1. The van der Waals surface area contributed by atoms with E-state index in [9.17, 15) is 8.78 Å². The molecular formula is C15H12BrF2N. The van der Waals surface area contributed by atoms with Crippen molar-refractivity contribution in [3.05, 3.63) is 69.2 Å². The molecule has 0 fully saturated rings. The van der Waals surface area contributed by atoms with Gasteiger partial charge < -0.3 is 5.73 Å². The van der Waals surface area contributed by atoms with E-state index in [2.05, 4.69) is 15.9 Å². The largest absolute Gasteiger partial charge is 0.323 e. The predicted octanol–water partition coefficient (Wildman–Crippen LogP) is 4.07. The van der Waals surface area contributed by atoms with Gasteiger partial charge >= 0.3 is 0 Å². The Labute approximate surface area is 118 Å². The molecule has 2 aromatic carbocycles. The highest BCUT2D eigenvalue weighted by Crippen LogP contribution is 2.43. The minimum Gasteiger partial charge on any atom is -0.323 e. The Morgan fingerprint density at radius 3 is 2.63 bits per heavy atom. The SMILES string of the molecule is NC(c1c(F)ccc(Br)c1F)C1Cc2ccccc21. The standard InChI is InChI=1S/C15H12BrF2N/c16-11-5-6-12(17)13(14(11)18)15(19)10-7-8-3-1-2-4-9(8)10/h1-6,10,15H,7,19H2. The summed E-state index contributed by atoms with van der Waals surface area (Å²) in [4.78, 5) is 0. The van der Waals surface area contributed by atoms with Gasteiger partial charge in [0.1, 0.15) is 11.6 Å². The molecule has 98 valence electrons. The van der Waals surface area contributed by atoms with Crippen LogP contribution in [-0.2, 0) is 6.42 Å². The van der Waals surface area contributed by atoms with Gasteiger partial charge in [0.05, 0.1) is 4.47 Å². The molecule has 0 amide bonds. The van der Waals surface area contributed by atoms with Crippen molar-refractivity contribution in [1.29, 1.82) is 0 Å². The van der Waals surface area contributed by atoms with Gasteiger partial charge in [0.2, 0.25) is 0 Å². The lowest BCUT2D eigenvalue weighted by Crippen LogP contribution is -2.30. The number of nitrogens with two attached hydrogens (primary N) is 1. The smallest absolute Gasteiger partial charge is 0.145 e. The third kappa shape index (κ3) is 1.99. The van der Waals surface area contributed by atoms with Gasteiger partial charge in [-0.05, 0) is 45.6 Å². The molecule has 0 bridgehead atoms. The van der Waals surface area contributed by atoms with Crippen LogP contribution in [0.5, 0.6) is 0 Å². The minimum absolute atomic E-state index is 0.0190. The number of benzene rings is 2. The fraction of sp³-hybridized carbons (Fsp3) is 0.200. The molecule has 0 aliphatic heterocycles. The van der Waals surface area contributed by atoms with E-state index in [0.29, 0.717) is 0 Å². The van der Waals surface area contributed by atoms with Crippen molar-refractivity contribution < 1.29 is 8.78 Å². The third-order valence-corrected chi connectivity index (χ3v) is 4.35. The first-order chi connectivity index (χ1) is 9.09. The van der Waals surface area contributed by atoms with Gasteiger partial charge in [-0.1, -0.05) is 24.3 Å². The second kappa shape index (κ2) is 4.69. The molecule has 3 rings (SSSR count). The van der Waals surface area contributed by atoms with Crippen molar-refractivity contribution >= 4 is 15.9 Å². The van der Waals surface area contributed by atoms with Crippen LogP contribution in [0.4, 0.5) is 8.78 Å². The molecule has 2 unspecified atom stereocenters. The average Bonchev–Trinajstić information content (AvgIpc) is 2.36. The molecule has 0 heterocycles. The maximum absolute atomic E-state index is 14.0. The van der Waals surface area contributed by atoms with E-state index in [1.54, 1.807) is 0 Å². The van der Waals surface area contributed by atoms with Crippen molar-refractivity contribution in [3.8, 4) is 0 Å². The van der Waals surface area contributed by atoms with E-state index >= 15 is 0 Å². The Morgan fingerprint density at radius 2 is 1.89 bits per heavy atom. The summed E-state index contributed by atoms with van der Waals surface area (Å²) in [5, 5.41) is 0. The first-order valence-corrected chi connectivity index (χ1v) is 6.85. The van der Waals surface area contributed by atoms with Crippen LogP contribution in [0.1, 0.15) is 28.7 Å². The van der Waals surface area contributed by atoms with Gasteiger partial charge in [-0.3, -0.25) is 0 Å². The predicted molar refractivity (Wildman–Crippen MR) is 73.9 cm³/mol. The average molecular weight is 324 g/mol. The zero-order valence-electron chi connectivity index (χ0n) is 10.0. The summed E-state index contributed by atoms with van der Waals surface area (Å²) >= 11 is 3.07. The zero-order valence-corrected chi connectivity index (χ0v) is 11.6. The first kappa shape index (κ1) is 12.8. The molecule has 4 heteroatoms. The third-order valence-electron chi connectivity index (χ3n) is 3.74. The second-order valence-corrected chi connectivity index (χ2v) is 5.65. The van der Waals surface area contributed by atoms with E-state index in [-0.39, 0.29) is 16.0 Å². The van der Waals surface area contributed by atoms with E-state index in [1.807, 2.05) is 24.3 Å².